The molecule has 1 unspecified atom stereocenters. The molecule has 0 aromatic heterocycles. The van der Waals surface area contributed by atoms with E-state index in [1.165, 1.54) is 36.8 Å². The van der Waals surface area contributed by atoms with Crippen molar-refractivity contribution in [2.24, 2.45) is 10.8 Å². The molecule has 2 rings (SSSR count). The maximum Gasteiger partial charge on any atom is 0.301 e. The molecule has 0 heterocycles. The van der Waals surface area contributed by atoms with Crippen LogP contribution in [0.2, 0.25) is 0 Å². The van der Waals surface area contributed by atoms with E-state index in [-0.39, 0.29) is 16.6 Å². The van der Waals surface area contributed by atoms with E-state index in [4.69, 9.17) is 28.1 Å². The molecule has 1 amide bonds. The standard InChI is InChI=1S/C25H33Cl2NO3/c1-23(2,3)15-17-8-13-21(18(14-17)16-24(4,5)6)31-25(7,26)22(30)28(27)19-9-11-20(29)12-10-19/h8-14,29H,15-16H2,1-7H3. The van der Waals surface area contributed by atoms with Crippen LogP contribution in [0.4, 0.5) is 5.69 Å². The lowest BCUT2D eigenvalue weighted by Crippen LogP contribution is -2.43. The van der Waals surface area contributed by atoms with Crippen molar-refractivity contribution in [2.45, 2.75) is 66.4 Å². The van der Waals surface area contributed by atoms with Gasteiger partial charge in [-0.3, -0.25) is 4.79 Å². The number of anilines is 1. The van der Waals surface area contributed by atoms with E-state index in [0.717, 1.165) is 22.8 Å². The number of rotatable bonds is 6. The highest BCUT2D eigenvalue weighted by Gasteiger charge is 2.38. The quantitative estimate of drug-likeness (QED) is 0.365. The van der Waals surface area contributed by atoms with Gasteiger partial charge in [-0.15, -0.1) is 0 Å². The van der Waals surface area contributed by atoms with Gasteiger partial charge in [0.15, 0.2) is 0 Å². The normalized spacial score (nSPS) is 14.1. The molecule has 0 aliphatic heterocycles. The van der Waals surface area contributed by atoms with Gasteiger partial charge in [0.2, 0.25) is 0 Å². The van der Waals surface area contributed by atoms with Crippen LogP contribution < -0.4 is 9.16 Å². The molecule has 0 radical (unpaired) electrons. The molecule has 2 aromatic rings. The van der Waals surface area contributed by atoms with E-state index in [1.807, 2.05) is 12.1 Å². The Morgan fingerprint density at radius 3 is 2.00 bits per heavy atom. The Balaban J connectivity index is 2.32. The fourth-order valence-electron chi connectivity index (χ4n) is 3.29. The first-order valence-corrected chi connectivity index (χ1v) is 11.1. The van der Waals surface area contributed by atoms with Gasteiger partial charge < -0.3 is 9.84 Å². The number of hydrogen-bond acceptors (Lipinski definition) is 3. The monoisotopic (exact) mass is 465 g/mol. The lowest BCUT2D eigenvalue weighted by molar-refractivity contribution is -0.125. The Kier molecular flexibility index (Phi) is 7.60. The number of ether oxygens (including phenoxy) is 1. The summed E-state index contributed by atoms with van der Waals surface area (Å²) in [6.07, 6.45) is 1.70. The molecule has 0 aliphatic rings. The summed E-state index contributed by atoms with van der Waals surface area (Å²) in [5.41, 5.74) is 2.77. The number of halogens is 2. The second-order valence-electron chi connectivity index (χ2n) is 10.5. The molecule has 2 aromatic carbocycles. The number of phenolic OH excluding ortho intramolecular Hbond substituents is 1. The maximum absolute atomic E-state index is 13.0. The first-order valence-electron chi connectivity index (χ1n) is 10.4. The Hall–Kier alpha value is -1.91. The van der Waals surface area contributed by atoms with Crippen molar-refractivity contribution in [3.63, 3.8) is 0 Å². The molecule has 0 saturated heterocycles. The SMILES string of the molecule is CC(C)(C)Cc1ccc(OC(C)(Cl)C(=O)N(Cl)c2ccc(O)cc2)c(CC(C)(C)C)c1. The summed E-state index contributed by atoms with van der Waals surface area (Å²) in [4.78, 5) is 13.0. The zero-order valence-corrected chi connectivity index (χ0v) is 20.9. The summed E-state index contributed by atoms with van der Waals surface area (Å²) in [6.45, 7) is 14.6. The Labute approximate surface area is 196 Å². The van der Waals surface area contributed by atoms with Gasteiger partial charge in [-0.1, -0.05) is 65.3 Å². The van der Waals surface area contributed by atoms with Crippen LogP contribution in [0.25, 0.3) is 0 Å². The smallest absolute Gasteiger partial charge is 0.301 e. The molecule has 1 atom stereocenters. The molecule has 0 saturated carbocycles. The number of aromatic hydroxyl groups is 1. The Morgan fingerprint density at radius 1 is 0.935 bits per heavy atom. The fraction of sp³-hybridized carbons (Fsp3) is 0.480. The Bertz CT molecular complexity index is 910. The van der Waals surface area contributed by atoms with E-state index in [1.54, 1.807) is 0 Å². The Morgan fingerprint density at radius 2 is 1.48 bits per heavy atom. The van der Waals surface area contributed by atoms with Gasteiger partial charge in [0.1, 0.15) is 11.5 Å². The highest BCUT2D eigenvalue weighted by atomic mass is 35.5. The summed E-state index contributed by atoms with van der Waals surface area (Å²) in [5.74, 6) is 0.0181. The zero-order valence-electron chi connectivity index (χ0n) is 19.4. The van der Waals surface area contributed by atoms with E-state index in [0.29, 0.717) is 11.4 Å². The summed E-state index contributed by atoms with van der Waals surface area (Å²) in [7, 11) is 0. The third kappa shape index (κ3) is 7.62. The predicted octanol–water partition coefficient (Wildman–Crippen LogP) is 7.09. The molecular weight excluding hydrogens is 433 g/mol. The van der Waals surface area contributed by atoms with Gasteiger partial charge in [0.25, 0.3) is 5.06 Å². The van der Waals surface area contributed by atoms with Crippen LogP contribution in [-0.2, 0) is 17.6 Å². The van der Waals surface area contributed by atoms with Gasteiger partial charge in [0, 0.05) is 11.8 Å². The van der Waals surface area contributed by atoms with Crippen LogP contribution in [0.5, 0.6) is 11.5 Å². The number of nitrogens with zero attached hydrogens (tertiary/aromatic N) is 1. The van der Waals surface area contributed by atoms with E-state index >= 15 is 0 Å². The summed E-state index contributed by atoms with van der Waals surface area (Å²) in [5, 5.41) is 7.74. The minimum Gasteiger partial charge on any atom is -0.508 e. The fourth-order valence-corrected chi connectivity index (χ4v) is 3.78. The van der Waals surface area contributed by atoms with Gasteiger partial charge >= 0.3 is 5.91 Å². The third-order valence-electron chi connectivity index (χ3n) is 4.52. The minimum atomic E-state index is -1.71. The van der Waals surface area contributed by atoms with Crippen molar-refractivity contribution in [3.8, 4) is 11.5 Å². The molecule has 0 fully saturated rings. The lowest BCUT2D eigenvalue weighted by Gasteiger charge is -2.29. The molecule has 170 valence electrons. The molecule has 1 N–H and O–H groups in total. The zero-order chi connectivity index (χ0) is 23.6. The second-order valence-corrected chi connectivity index (χ2v) is 11.6. The molecule has 0 aliphatic carbocycles. The number of benzene rings is 2. The van der Waals surface area contributed by atoms with Crippen molar-refractivity contribution in [1.82, 2.24) is 0 Å². The average molecular weight is 466 g/mol. The van der Waals surface area contributed by atoms with Crippen LogP contribution in [0.1, 0.15) is 59.6 Å². The summed E-state index contributed by atoms with van der Waals surface area (Å²) < 4.78 is 6.94. The van der Waals surface area contributed by atoms with Crippen LogP contribution in [0.3, 0.4) is 0 Å². The van der Waals surface area contributed by atoms with Crippen LogP contribution in [-0.4, -0.2) is 16.1 Å². The van der Waals surface area contributed by atoms with Crippen LogP contribution >= 0.6 is 23.4 Å². The first kappa shape index (κ1) is 25.4. The van der Waals surface area contributed by atoms with Crippen molar-refractivity contribution < 1.29 is 14.6 Å². The van der Waals surface area contributed by atoms with Crippen molar-refractivity contribution in [1.29, 1.82) is 0 Å². The number of alkyl halides is 1. The molecule has 0 spiro atoms. The van der Waals surface area contributed by atoms with Gasteiger partial charge in [0.05, 0.1) is 5.69 Å². The third-order valence-corrected chi connectivity index (χ3v) is 5.11. The molecule has 4 nitrogen and oxygen atoms in total. The van der Waals surface area contributed by atoms with Crippen molar-refractivity contribution in [3.05, 3.63) is 53.6 Å². The molecule has 31 heavy (non-hydrogen) atoms. The summed E-state index contributed by atoms with van der Waals surface area (Å²) >= 11 is 12.8. The first-order chi connectivity index (χ1) is 14.1. The summed E-state index contributed by atoms with van der Waals surface area (Å²) in [6, 6.07) is 12.0. The maximum atomic E-state index is 13.0. The lowest BCUT2D eigenvalue weighted by atomic mass is 9.84. The predicted molar refractivity (Wildman–Crippen MR) is 129 cm³/mol. The van der Waals surface area contributed by atoms with Gasteiger partial charge in [-0.25, -0.2) is 4.42 Å². The van der Waals surface area contributed by atoms with Crippen molar-refractivity contribution in [2.75, 3.05) is 4.42 Å². The molecule has 6 heteroatoms. The second kappa shape index (κ2) is 9.30. The highest BCUT2D eigenvalue weighted by molar-refractivity contribution is 6.45. The molecular formula is C25H33Cl2NO3. The number of amides is 1. The number of carbonyl (C=O) groups is 1. The van der Waals surface area contributed by atoms with E-state index in [2.05, 4.69) is 47.6 Å². The minimum absolute atomic E-state index is 0.0236. The van der Waals surface area contributed by atoms with Gasteiger partial charge in [-0.05, 0) is 72.1 Å². The number of hydrogen-bond donors (Lipinski definition) is 1. The number of carbonyl (C=O) groups excluding carboxylic acids is 1. The number of phenols is 1. The molecule has 0 bridgehead atoms. The van der Waals surface area contributed by atoms with Crippen LogP contribution in [0, 0.1) is 10.8 Å². The van der Waals surface area contributed by atoms with Crippen molar-refractivity contribution >= 4 is 35.0 Å². The largest absolute Gasteiger partial charge is 0.508 e. The van der Waals surface area contributed by atoms with Gasteiger partial charge in [-0.2, -0.15) is 0 Å². The van der Waals surface area contributed by atoms with E-state index in [9.17, 15) is 9.90 Å². The average Bonchev–Trinajstić information content (AvgIpc) is 2.60. The van der Waals surface area contributed by atoms with E-state index < -0.39 is 11.0 Å². The van der Waals surface area contributed by atoms with Crippen LogP contribution in [0.15, 0.2) is 42.5 Å². The highest BCUT2D eigenvalue weighted by Crippen LogP contribution is 2.35. The topological polar surface area (TPSA) is 49.8 Å².